The fourth-order valence-electron chi connectivity index (χ4n) is 2.90. The van der Waals surface area contributed by atoms with Gasteiger partial charge < -0.3 is 0 Å². The molecule has 0 unspecified atom stereocenters. The molecule has 0 spiro atoms. The van der Waals surface area contributed by atoms with Crippen molar-refractivity contribution >= 4 is 58.2 Å². The second-order valence-corrected chi connectivity index (χ2v) is 7.56. The summed E-state index contributed by atoms with van der Waals surface area (Å²) in [5.41, 5.74) is 0. The van der Waals surface area contributed by atoms with Crippen LogP contribution in [0.1, 0.15) is 6.92 Å². The van der Waals surface area contributed by atoms with Crippen molar-refractivity contribution in [1.29, 1.82) is 0 Å². The summed E-state index contributed by atoms with van der Waals surface area (Å²) in [5, 5.41) is 5.00. The molecule has 0 aliphatic heterocycles. The molecule has 0 atom stereocenters. The summed E-state index contributed by atoms with van der Waals surface area (Å²) in [6.07, 6.45) is 0. The number of nitrogens with one attached hydrogen (secondary N) is 2. The van der Waals surface area contributed by atoms with Crippen molar-refractivity contribution in [3.63, 3.8) is 0 Å². The molecule has 0 saturated heterocycles. The molecule has 0 bridgehead atoms. The van der Waals surface area contributed by atoms with Gasteiger partial charge in [-0.2, -0.15) is 0 Å². The Morgan fingerprint density at radius 3 is 1.32 bits per heavy atom. The van der Waals surface area contributed by atoms with Crippen molar-refractivity contribution in [1.82, 2.24) is 25.3 Å². The molecule has 0 aromatic heterocycles. The molecule has 14 nitrogen and oxygen atoms in total. The van der Waals surface area contributed by atoms with Gasteiger partial charge >= 0.3 is 217 Å². The third-order valence-electron chi connectivity index (χ3n) is 4.58. The van der Waals surface area contributed by atoms with E-state index in [1.807, 2.05) is 0 Å². The number of rotatable bonds is 20. The van der Waals surface area contributed by atoms with Gasteiger partial charge in [0.05, 0.1) is 0 Å². The van der Waals surface area contributed by atoms with Gasteiger partial charge in [0.2, 0.25) is 0 Å². The van der Waals surface area contributed by atoms with E-state index in [0.717, 1.165) is 9.80 Å². The molecule has 0 aliphatic rings. The summed E-state index contributed by atoms with van der Waals surface area (Å²) in [5.74, 6) is -3.20. The first-order valence-electron chi connectivity index (χ1n) is 11.1. The number of halogens is 1. The van der Waals surface area contributed by atoms with Crippen LogP contribution in [0.15, 0.2) is 14.7 Å². The van der Waals surface area contributed by atoms with Crippen molar-refractivity contribution in [2.45, 2.75) is 6.92 Å². The van der Waals surface area contributed by atoms with Gasteiger partial charge in [0.25, 0.3) is 0 Å². The van der Waals surface area contributed by atoms with E-state index < -0.39 is 62.4 Å². The third-order valence-corrected chi connectivity index (χ3v) is 4.58. The van der Waals surface area contributed by atoms with E-state index in [9.17, 15) is 33.2 Å². The number of ketones is 1. The van der Waals surface area contributed by atoms with Crippen LogP contribution in [0.5, 0.6) is 0 Å². The van der Waals surface area contributed by atoms with E-state index in [1.165, 1.54) is 11.8 Å². The van der Waals surface area contributed by atoms with Crippen LogP contribution in [0.2, 0.25) is 0 Å². The van der Waals surface area contributed by atoms with Crippen LogP contribution in [0.4, 0.5) is 4.39 Å². The van der Waals surface area contributed by atoms with Crippen LogP contribution in [0.25, 0.3) is 0 Å². The number of alkyl halides is 1. The van der Waals surface area contributed by atoms with Gasteiger partial charge in [-0.1, -0.05) is 0 Å². The number of Topliss-reactive ketones (excluding diaryl/α,β-unsaturated/α-hetero) is 1. The average Bonchev–Trinajstić information content (AvgIpc) is 2.82. The standard InChI is InChI=1S/C19H29B3FN8O6/c1-14(32)11-30(18(36)9-27-21)6-3-24-16(34)13-31(19(37)10-28-22)7-4-25-15(33)12-29(5-2-23)17(35)8-26-20/h2-13H2,1H3,(H,24,34)(H,25,33). The van der Waals surface area contributed by atoms with Gasteiger partial charge in [-0.15, -0.1) is 0 Å². The maximum absolute atomic E-state index is 12.7. The zero-order valence-corrected chi connectivity index (χ0v) is 20.7. The van der Waals surface area contributed by atoms with E-state index in [4.69, 9.17) is 22.9 Å². The molecular weight excluding hydrogens is 488 g/mol. The van der Waals surface area contributed by atoms with E-state index in [-0.39, 0.29) is 51.6 Å². The zero-order valence-electron chi connectivity index (χ0n) is 20.7. The number of nitrogens with zero attached hydrogens (tertiary/aromatic N) is 6. The first-order valence-corrected chi connectivity index (χ1v) is 11.1. The zero-order chi connectivity index (χ0) is 28.2. The summed E-state index contributed by atoms with van der Waals surface area (Å²) < 4.78 is 12.7. The van der Waals surface area contributed by atoms with Gasteiger partial charge in [-0.3, -0.25) is 0 Å². The average molecular weight is 517 g/mol. The Morgan fingerprint density at radius 2 is 1.00 bits per heavy atom. The summed E-state index contributed by atoms with van der Waals surface area (Å²) in [4.78, 5) is 84.8. The van der Waals surface area contributed by atoms with Crippen molar-refractivity contribution in [3.05, 3.63) is 0 Å². The normalized spacial score (nSPS) is 9.92. The molecule has 197 valence electrons. The summed E-state index contributed by atoms with van der Waals surface area (Å²) in [6, 6.07) is 0. The molecule has 0 heterocycles. The molecule has 37 heavy (non-hydrogen) atoms. The van der Waals surface area contributed by atoms with Crippen molar-refractivity contribution in [3.8, 4) is 0 Å². The maximum atomic E-state index is 12.7. The Kier molecular flexibility index (Phi) is 17.9. The predicted molar refractivity (Wildman–Crippen MR) is 132 cm³/mol. The van der Waals surface area contributed by atoms with E-state index in [2.05, 4.69) is 25.3 Å². The van der Waals surface area contributed by atoms with Gasteiger partial charge in [0, 0.05) is 0 Å². The number of carbonyl (C=O) groups is 6. The first kappa shape index (κ1) is 33.5. The minimum absolute atomic E-state index is 0.00729. The summed E-state index contributed by atoms with van der Waals surface area (Å²) in [6.45, 7) is -2.26. The van der Waals surface area contributed by atoms with Gasteiger partial charge in [-0.25, -0.2) is 0 Å². The Labute approximate surface area is 217 Å². The van der Waals surface area contributed by atoms with Crippen LogP contribution in [0, 0.1) is 0 Å². The molecule has 18 heteroatoms. The van der Waals surface area contributed by atoms with Crippen molar-refractivity contribution in [2.75, 3.05) is 78.7 Å². The number of amides is 5. The molecule has 0 fully saturated rings. The topological polar surface area (TPSA) is 173 Å². The fraction of sp³-hybridized carbons (Fsp3) is 0.684. The van der Waals surface area contributed by atoms with Gasteiger partial charge in [0.1, 0.15) is 0 Å². The van der Waals surface area contributed by atoms with E-state index in [0.29, 0.717) is 0 Å². The Balaban J connectivity index is 4.87. The minimum atomic E-state index is -0.868. The van der Waals surface area contributed by atoms with E-state index in [1.54, 1.807) is 0 Å². The first-order chi connectivity index (χ1) is 17.6. The molecule has 0 saturated carbocycles. The van der Waals surface area contributed by atoms with Crippen molar-refractivity contribution < 1.29 is 33.2 Å². The van der Waals surface area contributed by atoms with Gasteiger partial charge in [-0.05, 0) is 0 Å². The van der Waals surface area contributed by atoms with Gasteiger partial charge in [0.15, 0.2) is 0 Å². The number of carbonyl (C=O) groups excluding carboxylic acids is 6. The fourth-order valence-corrected chi connectivity index (χ4v) is 2.90. The second kappa shape index (κ2) is 19.7. The van der Waals surface area contributed by atoms with Crippen LogP contribution in [0.3, 0.4) is 0 Å². The third kappa shape index (κ3) is 15.3. The summed E-state index contributed by atoms with van der Waals surface area (Å²) >= 11 is 0. The van der Waals surface area contributed by atoms with Crippen LogP contribution in [-0.2, 0) is 28.8 Å². The molecule has 0 rings (SSSR count). The van der Waals surface area contributed by atoms with Crippen molar-refractivity contribution in [2.24, 2.45) is 14.7 Å². The molecular formula is C19H29B3FN8O6. The Morgan fingerprint density at radius 1 is 0.649 bits per heavy atom. The summed E-state index contributed by atoms with van der Waals surface area (Å²) in [7, 11) is 15.0. The molecule has 0 aromatic rings. The monoisotopic (exact) mass is 517 g/mol. The second-order valence-electron chi connectivity index (χ2n) is 7.56. The van der Waals surface area contributed by atoms with Crippen LogP contribution >= 0.6 is 0 Å². The van der Waals surface area contributed by atoms with Crippen LogP contribution < -0.4 is 10.6 Å². The quantitative estimate of drug-likeness (QED) is 0.158. The molecule has 0 aromatic carbocycles. The van der Waals surface area contributed by atoms with Crippen LogP contribution in [-0.4, -0.2) is 152 Å². The molecule has 2 N–H and O–H groups in total. The molecule has 5 amide bonds. The Hall–Kier alpha value is -3.46. The Bertz CT molecular complexity index is 866. The predicted octanol–water partition coefficient (Wildman–Crippen LogP) is -3.68. The molecule has 3 radical (unpaired) electrons. The molecule has 0 aliphatic carbocycles. The SMILES string of the molecule is [B]=NCC(=O)N(CCNC(=O)CN(CCNC(=O)CN(CCF)C(=O)CN=[B])C(=O)CN=[B])CC(C)=O. The number of hydrogen-bond donors (Lipinski definition) is 2. The number of hydrogen-bond acceptors (Lipinski definition) is 9. The van der Waals surface area contributed by atoms with E-state index >= 15 is 0 Å².